The van der Waals surface area contributed by atoms with Crippen molar-refractivity contribution in [3.05, 3.63) is 0 Å². The van der Waals surface area contributed by atoms with E-state index >= 15 is 0 Å². The first-order valence-electron chi connectivity index (χ1n) is 13.1. The molecule has 0 spiro atoms. The Hall–Kier alpha value is -2.84. The maximum absolute atomic E-state index is 13.6. The quantitative estimate of drug-likeness (QED) is 0.456. The van der Waals surface area contributed by atoms with Crippen LogP contribution in [-0.4, -0.2) is 64.9 Å². The molecule has 4 amide bonds. The fourth-order valence-corrected chi connectivity index (χ4v) is 6.22. The number of nitrogens with one attached hydrogen (secondary N) is 3. The number of carbonyl (C=O) groups excluding carboxylic acids is 4. The van der Waals surface area contributed by atoms with Gasteiger partial charge in [0.05, 0.1) is 6.07 Å². The molecule has 0 aromatic rings. The summed E-state index contributed by atoms with van der Waals surface area (Å²) in [6.45, 7) is 8.79. The second-order valence-electron chi connectivity index (χ2n) is 12.6. The minimum atomic E-state index is -5.14. The highest BCUT2D eigenvalue weighted by molar-refractivity contribution is 5.91. The van der Waals surface area contributed by atoms with Gasteiger partial charge in [0.1, 0.15) is 12.1 Å². The van der Waals surface area contributed by atoms with Crippen molar-refractivity contribution in [1.82, 2.24) is 20.9 Å². The standard InChI is InChI=1S/C26H38F3N5O4/c1-24(2,3)20(32-23(38)26(27,28)29)22(37)34-13-14-7-6-8-17(14)18(34)10-19(35)31-16(12-30)9-15-11-25(4,5)33-21(15)36/h14-18,20H,6-11,13H2,1-5H3,(H,31,35)(H,32,38)(H,33,36)/t14-,15+,16-,17-,18+,20+/m0/s1. The van der Waals surface area contributed by atoms with Crippen molar-refractivity contribution in [3.8, 4) is 6.07 Å². The molecule has 1 aliphatic carbocycles. The van der Waals surface area contributed by atoms with Crippen LogP contribution in [0.25, 0.3) is 0 Å². The van der Waals surface area contributed by atoms with Crippen LogP contribution in [0.2, 0.25) is 0 Å². The number of rotatable bonds is 7. The fraction of sp³-hybridized carbons (Fsp3) is 0.808. The summed E-state index contributed by atoms with van der Waals surface area (Å²) in [4.78, 5) is 52.1. The molecule has 0 aromatic heterocycles. The third-order valence-electron chi connectivity index (χ3n) is 7.97. The van der Waals surface area contributed by atoms with Crippen molar-refractivity contribution in [2.45, 2.75) is 103 Å². The second kappa shape index (κ2) is 10.7. The predicted octanol–water partition coefficient (Wildman–Crippen LogP) is 2.41. The lowest BCUT2D eigenvalue weighted by atomic mass is 9.85. The second-order valence-corrected chi connectivity index (χ2v) is 12.6. The zero-order chi connectivity index (χ0) is 28.6. The van der Waals surface area contributed by atoms with E-state index in [9.17, 15) is 37.6 Å². The minimum absolute atomic E-state index is 0.00517. The maximum Gasteiger partial charge on any atom is 0.471 e. The van der Waals surface area contributed by atoms with E-state index in [2.05, 4.69) is 10.6 Å². The molecule has 0 radical (unpaired) electrons. The third-order valence-corrected chi connectivity index (χ3v) is 7.97. The highest BCUT2D eigenvalue weighted by Gasteiger charge is 2.51. The van der Waals surface area contributed by atoms with Crippen LogP contribution in [0.4, 0.5) is 13.2 Å². The smallest absolute Gasteiger partial charge is 0.351 e. The van der Waals surface area contributed by atoms with Gasteiger partial charge in [-0.2, -0.15) is 18.4 Å². The van der Waals surface area contributed by atoms with Crippen LogP contribution in [0.5, 0.6) is 0 Å². The Balaban J connectivity index is 1.73. The van der Waals surface area contributed by atoms with Crippen molar-refractivity contribution >= 4 is 23.6 Å². The van der Waals surface area contributed by atoms with Crippen LogP contribution in [0.1, 0.15) is 73.1 Å². The van der Waals surface area contributed by atoms with E-state index in [0.717, 1.165) is 19.3 Å². The molecule has 6 atom stereocenters. The van der Waals surface area contributed by atoms with E-state index in [1.54, 1.807) is 20.8 Å². The molecule has 3 aliphatic rings. The molecular weight excluding hydrogens is 503 g/mol. The molecule has 3 fully saturated rings. The van der Waals surface area contributed by atoms with Gasteiger partial charge in [-0.25, -0.2) is 0 Å². The summed E-state index contributed by atoms with van der Waals surface area (Å²) in [5.74, 6) is -3.75. The average molecular weight is 542 g/mol. The average Bonchev–Trinajstić information content (AvgIpc) is 3.43. The molecule has 1 saturated carbocycles. The highest BCUT2D eigenvalue weighted by Crippen LogP contribution is 2.44. The van der Waals surface area contributed by atoms with Crippen LogP contribution in [-0.2, 0) is 19.2 Å². The van der Waals surface area contributed by atoms with Gasteiger partial charge in [0.2, 0.25) is 17.7 Å². The number of fused-ring (bicyclic) bond motifs is 1. The van der Waals surface area contributed by atoms with Crippen molar-refractivity contribution in [2.24, 2.45) is 23.2 Å². The first kappa shape index (κ1) is 29.7. The first-order valence-corrected chi connectivity index (χ1v) is 13.1. The number of hydrogen-bond donors (Lipinski definition) is 3. The van der Waals surface area contributed by atoms with E-state index in [1.807, 2.05) is 25.2 Å². The molecule has 212 valence electrons. The number of carbonyl (C=O) groups is 4. The van der Waals surface area contributed by atoms with Crippen LogP contribution in [0, 0.1) is 34.5 Å². The monoisotopic (exact) mass is 541 g/mol. The van der Waals surface area contributed by atoms with Gasteiger partial charge >= 0.3 is 12.1 Å². The summed E-state index contributed by atoms with van der Waals surface area (Å²) in [5, 5.41) is 17.0. The summed E-state index contributed by atoms with van der Waals surface area (Å²) in [5.41, 5.74) is -1.40. The first-order chi connectivity index (χ1) is 17.4. The van der Waals surface area contributed by atoms with Gasteiger partial charge in [0, 0.05) is 30.5 Å². The SMILES string of the molecule is CC1(C)C[C@@H](C[C@@H](C#N)NC(=O)C[C@@H]2[C@H]3CCC[C@H]3CN2C(=O)[C@@H](NC(=O)C(F)(F)F)C(C)(C)C)C(=O)N1. The molecular formula is C26H38F3N5O4. The molecule has 2 saturated heterocycles. The van der Waals surface area contributed by atoms with Crippen LogP contribution in [0.15, 0.2) is 0 Å². The van der Waals surface area contributed by atoms with Gasteiger partial charge in [-0.3, -0.25) is 19.2 Å². The molecule has 38 heavy (non-hydrogen) atoms. The van der Waals surface area contributed by atoms with Gasteiger partial charge in [-0.1, -0.05) is 27.2 Å². The Labute approximate surface area is 221 Å². The Morgan fingerprint density at radius 1 is 1.18 bits per heavy atom. The molecule has 3 rings (SSSR count). The van der Waals surface area contributed by atoms with Crippen LogP contribution < -0.4 is 16.0 Å². The lowest BCUT2D eigenvalue weighted by Gasteiger charge is -2.36. The molecule has 12 heteroatoms. The number of halogens is 3. The van der Waals surface area contributed by atoms with E-state index in [1.165, 1.54) is 4.90 Å². The number of alkyl halides is 3. The molecule has 2 aliphatic heterocycles. The number of nitriles is 1. The normalized spacial score (nSPS) is 28.2. The lowest BCUT2D eigenvalue weighted by molar-refractivity contribution is -0.176. The van der Waals surface area contributed by atoms with E-state index in [-0.39, 0.29) is 36.1 Å². The molecule has 0 aromatic carbocycles. The van der Waals surface area contributed by atoms with Gasteiger partial charge < -0.3 is 20.9 Å². The molecule has 2 heterocycles. The van der Waals surface area contributed by atoms with Crippen LogP contribution in [0.3, 0.4) is 0 Å². The van der Waals surface area contributed by atoms with Crippen molar-refractivity contribution in [2.75, 3.05) is 6.54 Å². The molecule has 9 nitrogen and oxygen atoms in total. The van der Waals surface area contributed by atoms with Crippen molar-refractivity contribution < 1.29 is 32.3 Å². The number of likely N-dealkylation sites (tertiary alicyclic amines) is 1. The Kier molecular flexibility index (Phi) is 8.39. The van der Waals surface area contributed by atoms with Gasteiger partial charge in [-0.05, 0) is 56.8 Å². The lowest BCUT2D eigenvalue weighted by Crippen LogP contribution is -2.58. The molecule has 3 N–H and O–H groups in total. The number of hydrogen-bond acceptors (Lipinski definition) is 5. The van der Waals surface area contributed by atoms with Gasteiger partial charge in [-0.15, -0.1) is 0 Å². The zero-order valence-electron chi connectivity index (χ0n) is 22.6. The maximum atomic E-state index is 13.6. The highest BCUT2D eigenvalue weighted by atomic mass is 19.4. The summed E-state index contributed by atoms with van der Waals surface area (Å²) in [6.07, 6.45) is -2.01. The van der Waals surface area contributed by atoms with Gasteiger partial charge in [0.25, 0.3) is 0 Å². The predicted molar refractivity (Wildman–Crippen MR) is 131 cm³/mol. The molecule has 0 bridgehead atoms. The van der Waals surface area contributed by atoms with Gasteiger partial charge in [0.15, 0.2) is 0 Å². The zero-order valence-corrected chi connectivity index (χ0v) is 22.6. The van der Waals surface area contributed by atoms with Crippen LogP contribution >= 0.6 is 0 Å². The van der Waals surface area contributed by atoms with E-state index < -0.39 is 53.4 Å². The Morgan fingerprint density at radius 2 is 1.84 bits per heavy atom. The van der Waals surface area contributed by atoms with E-state index in [0.29, 0.717) is 13.0 Å². The Morgan fingerprint density at radius 3 is 2.37 bits per heavy atom. The largest absolute Gasteiger partial charge is 0.471 e. The van der Waals surface area contributed by atoms with Crippen molar-refractivity contribution in [1.29, 1.82) is 5.26 Å². The number of amides is 4. The Bertz CT molecular complexity index is 1000. The van der Waals surface area contributed by atoms with Crippen molar-refractivity contribution in [3.63, 3.8) is 0 Å². The summed E-state index contributed by atoms with van der Waals surface area (Å²) >= 11 is 0. The minimum Gasteiger partial charge on any atom is -0.351 e. The third kappa shape index (κ3) is 6.77. The summed E-state index contributed by atoms with van der Waals surface area (Å²) in [6, 6.07) is -0.850. The summed E-state index contributed by atoms with van der Waals surface area (Å²) < 4.78 is 39.0. The fourth-order valence-electron chi connectivity index (χ4n) is 6.22. The summed E-state index contributed by atoms with van der Waals surface area (Å²) in [7, 11) is 0. The van der Waals surface area contributed by atoms with E-state index in [4.69, 9.17) is 0 Å². The molecule has 0 unspecified atom stereocenters. The topological polar surface area (TPSA) is 131 Å². The number of nitrogens with zero attached hydrogens (tertiary/aromatic N) is 2.